The Labute approximate surface area is 122 Å². The van der Waals surface area contributed by atoms with Crippen molar-refractivity contribution in [3.05, 3.63) is 23.0 Å². The first-order chi connectivity index (χ1) is 9.30. The number of sulfonamides is 1. The van der Waals surface area contributed by atoms with Crippen LogP contribution >= 0.6 is 11.6 Å². The Balaban J connectivity index is 2.35. The predicted octanol–water partition coefficient (Wildman–Crippen LogP) is 1.74. The van der Waals surface area contributed by atoms with E-state index in [-0.39, 0.29) is 16.8 Å². The Morgan fingerprint density at radius 2 is 2.00 bits per heavy atom. The molecule has 2 N–H and O–H groups in total. The van der Waals surface area contributed by atoms with Gasteiger partial charge >= 0.3 is 0 Å². The van der Waals surface area contributed by atoms with Crippen molar-refractivity contribution in [1.82, 2.24) is 0 Å². The molecule has 5 nitrogen and oxygen atoms in total. The maximum Gasteiger partial charge on any atom is 0.239 e. The zero-order chi connectivity index (χ0) is 14.9. The lowest BCUT2D eigenvalue weighted by atomic mass is 10.1. The van der Waals surface area contributed by atoms with Crippen molar-refractivity contribution in [2.24, 2.45) is 5.14 Å². The molecule has 2 rings (SSSR count). The van der Waals surface area contributed by atoms with E-state index in [1.54, 1.807) is 11.9 Å². The molecular weight excluding hydrogens is 307 g/mol. The number of anilines is 1. The number of rotatable bonds is 3. The summed E-state index contributed by atoms with van der Waals surface area (Å²) in [5.41, 5.74) is 0.259. The van der Waals surface area contributed by atoms with Crippen LogP contribution in [0.4, 0.5) is 10.1 Å². The molecule has 0 radical (unpaired) electrons. The van der Waals surface area contributed by atoms with Gasteiger partial charge in [-0.3, -0.25) is 0 Å². The summed E-state index contributed by atoms with van der Waals surface area (Å²) in [5, 5.41) is 4.91. The molecule has 1 aliphatic rings. The predicted molar refractivity (Wildman–Crippen MR) is 75.0 cm³/mol. The van der Waals surface area contributed by atoms with Gasteiger partial charge in [0.05, 0.1) is 10.7 Å². The summed E-state index contributed by atoms with van der Waals surface area (Å²) < 4.78 is 41.9. The number of hydrogen-bond donors (Lipinski definition) is 1. The van der Waals surface area contributed by atoms with Crippen molar-refractivity contribution < 1.29 is 17.5 Å². The first-order valence-corrected chi connectivity index (χ1v) is 8.05. The third-order valence-corrected chi connectivity index (χ3v) is 4.80. The lowest BCUT2D eigenvalue weighted by Gasteiger charge is -2.33. The Morgan fingerprint density at radius 3 is 2.55 bits per heavy atom. The van der Waals surface area contributed by atoms with Crippen LogP contribution in [0.25, 0.3) is 0 Å². The second kappa shape index (κ2) is 5.85. The number of halogens is 2. The standard InChI is InChI=1S/C12H16ClFN2O3S/c1-16(8-2-4-19-5-3-8)11-6-9(13)12(7-10(11)14)20(15,17)18/h6-8H,2-5H2,1H3,(H2,15,17,18). The van der Waals surface area contributed by atoms with Crippen molar-refractivity contribution in [3.63, 3.8) is 0 Å². The van der Waals surface area contributed by atoms with Gasteiger partial charge in [0.2, 0.25) is 10.0 Å². The second-order valence-electron chi connectivity index (χ2n) is 4.73. The summed E-state index contributed by atoms with van der Waals surface area (Å²) in [7, 11) is -2.28. The number of nitrogens with two attached hydrogens (primary N) is 1. The van der Waals surface area contributed by atoms with Crippen LogP contribution in [-0.4, -0.2) is 34.7 Å². The van der Waals surface area contributed by atoms with E-state index < -0.39 is 20.7 Å². The lowest BCUT2D eigenvalue weighted by Crippen LogP contribution is -2.37. The topological polar surface area (TPSA) is 72.6 Å². The van der Waals surface area contributed by atoms with Gasteiger partial charge in [0, 0.05) is 26.3 Å². The molecule has 1 saturated heterocycles. The van der Waals surface area contributed by atoms with Gasteiger partial charge in [-0.25, -0.2) is 17.9 Å². The van der Waals surface area contributed by atoms with Gasteiger partial charge in [0.25, 0.3) is 0 Å². The molecule has 1 aliphatic heterocycles. The van der Waals surface area contributed by atoms with E-state index in [1.807, 2.05) is 0 Å². The minimum atomic E-state index is -4.03. The average Bonchev–Trinajstić information content (AvgIpc) is 2.40. The smallest absolute Gasteiger partial charge is 0.239 e. The summed E-state index contributed by atoms with van der Waals surface area (Å²) in [5.74, 6) is -0.660. The summed E-state index contributed by atoms with van der Waals surface area (Å²) >= 11 is 5.89. The highest BCUT2D eigenvalue weighted by Gasteiger charge is 2.23. The monoisotopic (exact) mass is 322 g/mol. The molecule has 0 atom stereocenters. The largest absolute Gasteiger partial charge is 0.381 e. The maximum absolute atomic E-state index is 14.1. The van der Waals surface area contributed by atoms with Gasteiger partial charge in [-0.15, -0.1) is 0 Å². The molecule has 1 aromatic carbocycles. The number of nitrogens with zero attached hydrogens (tertiary/aromatic N) is 1. The number of benzene rings is 1. The van der Waals surface area contributed by atoms with Crippen molar-refractivity contribution in [2.75, 3.05) is 25.2 Å². The minimum Gasteiger partial charge on any atom is -0.381 e. The highest BCUT2D eigenvalue weighted by molar-refractivity contribution is 7.89. The van der Waals surface area contributed by atoms with Gasteiger partial charge in [-0.2, -0.15) is 0 Å². The van der Waals surface area contributed by atoms with Crippen LogP contribution in [0.3, 0.4) is 0 Å². The molecule has 8 heteroatoms. The highest BCUT2D eigenvalue weighted by Crippen LogP contribution is 2.31. The van der Waals surface area contributed by atoms with Crippen LogP contribution in [0.5, 0.6) is 0 Å². The molecule has 20 heavy (non-hydrogen) atoms. The Bertz CT molecular complexity index is 603. The molecule has 0 aliphatic carbocycles. The number of hydrogen-bond acceptors (Lipinski definition) is 4. The first kappa shape index (κ1) is 15.5. The third kappa shape index (κ3) is 3.22. The van der Waals surface area contributed by atoms with Gasteiger partial charge in [-0.05, 0) is 25.0 Å². The van der Waals surface area contributed by atoms with Gasteiger partial charge in [0.1, 0.15) is 10.7 Å². The summed E-state index contributed by atoms with van der Waals surface area (Å²) in [6.45, 7) is 1.25. The van der Waals surface area contributed by atoms with Crippen LogP contribution < -0.4 is 10.0 Å². The van der Waals surface area contributed by atoms with Gasteiger partial charge in [-0.1, -0.05) is 11.6 Å². The molecule has 0 unspecified atom stereocenters. The van der Waals surface area contributed by atoms with E-state index in [2.05, 4.69) is 0 Å². The third-order valence-electron chi connectivity index (χ3n) is 3.43. The van der Waals surface area contributed by atoms with E-state index in [1.165, 1.54) is 6.07 Å². The Morgan fingerprint density at radius 1 is 1.40 bits per heavy atom. The summed E-state index contributed by atoms with van der Waals surface area (Å²) in [4.78, 5) is 1.36. The zero-order valence-corrected chi connectivity index (χ0v) is 12.5. The molecule has 0 aromatic heterocycles. The lowest BCUT2D eigenvalue weighted by molar-refractivity contribution is 0.0853. The second-order valence-corrected chi connectivity index (χ2v) is 6.67. The normalized spacial score (nSPS) is 17.2. The van der Waals surface area contributed by atoms with Crippen molar-refractivity contribution in [2.45, 2.75) is 23.8 Å². The van der Waals surface area contributed by atoms with Gasteiger partial charge in [0.15, 0.2) is 0 Å². The van der Waals surface area contributed by atoms with Crippen LogP contribution in [0, 0.1) is 5.82 Å². The van der Waals surface area contributed by atoms with Crippen molar-refractivity contribution in [3.8, 4) is 0 Å². The fourth-order valence-corrected chi connectivity index (χ4v) is 3.35. The quantitative estimate of drug-likeness (QED) is 0.920. The average molecular weight is 323 g/mol. The van der Waals surface area contributed by atoms with Gasteiger partial charge < -0.3 is 9.64 Å². The van der Waals surface area contributed by atoms with E-state index in [9.17, 15) is 12.8 Å². The number of ether oxygens (including phenoxy) is 1. The van der Waals surface area contributed by atoms with Crippen molar-refractivity contribution in [1.29, 1.82) is 0 Å². The molecule has 0 amide bonds. The summed E-state index contributed by atoms with van der Waals surface area (Å²) in [6.07, 6.45) is 1.56. The number of primary sulfonamides is 1. The minimum absolute atomic E-state index is 0.0807. The molecule has 0 saturated carbocycles. The van der Waals surface area contributed by atoms with E-state index >= 15 is 0 Å². The van der Waals surface area contributed by atoms with Crippen LogP contribution in [-0.2, 0) is 14.8 Å². The van der Waals surface area contributed by atoms with Crippen LogP contribution in [0.1, 0.15) is 12.8 Å². The van der Waals surface area contributed by atoms with Crippen LogP contribution in [0.15, 0.2) is 17.0 Å². The molecule has 0 bridgehead atoms. The molecular formula is C12H16ClFN2O3S. The van der Waals surface area contributed by atoms with E-state index in [0.29, 0.717) is 13.2 Å². The highest BCUT2D eigenvalue weighted by atomic mass is 35.5. The fourth-order valence-electron chi connectivity index (χ4n) is 2.28. The molecule has 1 aromatic rings. The molecule has 1 fully saturated rings. The molecule has 1 heterocycles. The zero-order valence-electron chi connectivity index (χ0n) is 11.0. The maximum atomic E-state index is 14.1. The Kier molecular flexibility index (Phi) is 4.53. The van der Waals surface area contributed by atoms with Crippen molar-refractivity contribution >= 4 is 27.3 Å². The van der Waals surface area contributed by atoms with E-state index in [0.717, 1.165) is 18.9 Å². The first-order valence-electron chi connectivity index (χ1n) is 6.13. The van der Waals surface area contributed by atoms with Crippen LogP contribution in [0.2, 0.25) is 5.02 Å². The molecule has 112 valence electrons. The Hall–Kier alpha value is -0.890. The SMILES string of the molecule is CN(c1cc(Cl)c(S(N)(=O)=O)cc1F)C1CCOCC1. The fraction of sp³-hybridized carbons (Fsp3) is 0.500. The van der Waals surface area contributed by atoms with E-state index in [4.69, 9.17) is 21.5 Å². The summed E-state index contributed by atoms with van der Waals surface area (Å²) in [6, 6.07) is 2.30. The molecule has 0 spiro atoms.